The summed E-state index contributed by atoms with van der Waals surface area (Å²) < 4.78 is 35.6. The van der Waals surface area contributed by atoms with Gasteiger partial charge in [-0.05, 0) is 37.0 Å². The monoisotopic (exact) mass is 275 g/mol. The van der Waals surface area contributed by atoms with E-state index in [1.807, 2.05) is 0 Å². The highest BCUT2D eigenvalue weighted by Crippen LogP contribution is 2.16. The highest BCUT2D eigenvalue weighted by Gasteiger charge is 2.11. The second-order valence-corrected chi connectivity index (χ2v) is 5.75. The molecular weight excluding hydrogens is 257 g/mol. The van der Waals surface area contributed by atoms with Gasteiger partial charge in [-0.1, -0.05) is 18.9 Å². The minimum absolute atomic E-state index is 0.178. The molecule has 4 nitrogen and oxygen atoms in total. The maximum atomic E-state index is 13.6. The summed E-state index contributed by atoms with van der Waals surface area (Å²) in [5.41, 5.74) is 0.492. The molecule has 0 saturated heterocycles. The Morgan fingerprint density at radius 1 is 1.17 bits per heavy atom. The van der Waals surface area contributed by atoms with Crippen LogP contribution in [0.5, 0.6) is 0 Å². The summed E-state index contributed by atoms with van der Waals surface area (Å²) in [6.45, 7) is 0.178. The number of halogens is 1. The molecule has 0 aromatic heterocycles. The van der Waals surface area contributed by atoms with Crippen LogP contribution in [0, 0.1) is 5.82 Å². The molecule has 0 aliphatic carbocycles. The summed E-state index contributed by atoms with van der Waals surface area (Å²) >= 11 is 0. The second-order valence-electron chi connectivity index (χ2n) is 4.19. The van der Waals surface area contributed by atoms with E-state index in [1.54, 1.807) is 0 Å². The number of hydrogen-bond donors (Lipinski definition) is 2. The molecule has 0 atom stereocenters. The Morgan fingerprint density at radius 2 is 1.83 bits per heavy atom. The van der Waals surface area contributed by atoms with E-state index < -0.39 is 15.8 Å². The average Bonchev–Trinajstić information content (AvgIpc) is 2.29. The molecule has 1 aromatic carbocycles. The third kappa shape index (κ3) is 4.72. The largest absolute Gasteiger partial charge is 0.396 e. The molecule has 0 bridgehead atoms. The molecular formula is C12H18FNO3S. The lowest BCUT2D eigenvalue weighted by atomic mass is 10.1. The van der Waals surface area contributed by atoms with Crippen molar-refractivity contribution in [1.82, 2.24) is 0 Å². The van der Waals surface area contributed by atoms with Crippen molar-refractivity contribution in [1.29, 1.82) is 0 Å². The van der Waals surface area contributed by atoms with E-state index in [1.165, 1.54) is 12.1 Å². The number of primary sulfonamides is 1. The second kappa shape index (κ2) is 6.82. The maximum absolute atomic E-state index is 13.6. The lowest BCUT2D eigenvalue weighted by Crippen LogP contribution is -2.12. The van der Waals surface area contributed by atoms with Gasteiger partial charge in [0.05, 0.1) is 4.90 Å². The van der Waals surface area contributed by atoms with Crippen LogP contribution in [-0.2, 0) is 16.4 Å². The Labute approximate surface area is 107 Å². The number of hydrogen-bond acceptors (Lipinski definition) is 3. The highest BCUT2D eigenvalue weighted by atomic mass is 32.2. The molecule has 102 valence electrons. The summed E-state index contributed by atoms with van der Waals surface area (Å²) in [5, 5.41) is 13.5. The van der Waals surface area contributed by atoms with E-state index in [-0.39, 0.29) is 11.5 Å². The fourth-order valence-corrected chi connectivity index (χ4v) is 2.21. The first-order valence-electron chi connectivity index (χ1n) is 5.87. The molecule has 6 heteroatoms. The van der Waals surface area contributed by atoms with Crippen LogP contribution in [0.3, 0.4) is 0 Å². The molecule has 0 saturated carbocycles. The van der Waals surface area contributed by atoms with Crippen LogP contribution in [0.4, 0.5) is 4.39 Å². The van der Waals surface area contributed by atoms with E-state index in [0.29, 0.717) is 12.0 Å². The molecule has 0 radical (unpaired) electrons. The molecule has 0 unspecified atom stereocenters. The van der Waals surface area contributed by atoms with Gasteiger partial charge in [0.25, 0.3) is 0 Å². The van der Waals surface area contributed by atoms with Crippen molar-refractivity contribution in [3.63, 3.8) is 0 Å². The molecule has 0 spiro atoms. The molecule has 18 heavy (non-hydrogen) atoms. The van der Waals surface area contributed by atoms with Crippen LogP contribution in [0.2, 0.25) is 0 Å². The number of aryl methyl sites for hydroxylation is 1. The molecule has 3 N–H and O–H groups in total. The standard InChI is InChI=1S/C12H18FNO3S/c13-12-9-11(18(14,16)17)7-6-10(12)5-3-1-2-4-8-15/h6-7,9,15H,1-5,8H2,(H2,14,16,17). The van der Waals surface area contributed by atoms with Crippen LogP contribution in [0.25, 0.3) is 0 Å². The number of unbranched alkanes of at least 4 members (excludes halogenated alkanes) is 3. The topological polar surface area (TPSA) is 80.4 Å². The van der Waals surface area contributed by atoms with Crippen molar-refractivity contribution in [3.05, 3.63) is 29.6 Å². The van der Waals surface area contributed by atoms with Gasteiger partial charge in [-0.3, -0.25) is 0 Å². The zero-order valence-corrected chi connectivity index (χ0v) is 10.9. The van der Waals surface area contributed by atoms with Crippen LogP contribution < -0.4 is 5.14 Å². The smallest absolute Gasteiger partial charge is 0.238 e. The number of nitrogens with two attached hydrogens (primary N) is 1. The Kier molecular flexibility index (Phi) is 5.71. The van der Waals surface area contributed by atoms with Gasteiger partial charge < -0.3 is 5.11 Å². The van der Waals surface area contributed by atoms with Gasteiger partial charge in [0.15, 0.2) is 0 Å². The number of sulfonamides is 1. The SMILES string of the molecule is NS(=O)(=O)c1ccc(CCCCCCO)c(F)c1. The van der Waals surface area contributed by atoms with Crippen LogP contribution in [0.15, 0.2) is 23.1 Å². The third-order valence-corrected chi connectivity index (χ3v) is 3.62. The van der Waals surface area contributed by atoms with Gasteiger partial charge in [-0.15, -0.1) is 0 Å². The first-order valence-corrected chi connectivity index (χ1v) is 7.42. The minimum atomic E-state index is -3.84. The Balaban J connectivity index is 2.58. The Hall–Kier alpha value is -0.980. The predicted octanol–water partition coefficient (Wildman–Crippen LogP) is 1.57. The molecule has 0 fully saturated rings. The van der Waals surface area contributed by atoms with Crippen molar-refractivity contribution in [2.75, 3.05) is 6.61 Å². The third-order valence-electron chi connectivity index (χ3n) is 2.71. The van der Waals surface area contributed by atoms with Crippen LogP contribution in [-0.4, -0.2) is 20.1 Å². The van der Waals surface area contributed by atoms with Gasteiger partial charge in [-0.25, -0.2) is 17.9 Å². The van der Waals surface area contributed by atoms with E-state index >= 15 is 0 Å². The number of aliphatic hydroxyl groups excluding tert-OH is 1. The zero-order valence-electron chi connectivity index (χ0n) is 10.1. The van der Waals surface area contributed by atoms with E-state index in [0.717, 1.165) is 31.7 Å². The first-order chi connectivity index (χ1) is 8.45. The summed E-state index contributed by atoms with van der Waals surface area (Å²) in [6.07, 6.45) is 3.95. The summed E-state index contributed by atoms with van der Waals surface area (Å²) in [6, 6.07) is 3.74. The number of aliphatic hydroxyl groups is 1. The molecule has 1 aromatic rings. The molecule has 1 rings (SSSR count). The van der Waals surface area contributed by atoms with Gasteiger partial charge >= 0.3 is 0 Å². The first kappa shape index (κ1) is 15.1. The van der Waals surface area contributed by atoms with E-state index in [2.05, 4.69) is 0 Å². The van der Waals surface area contributed by atoms with Crippen molar-refractivity contribution in [2.24, 2.45) is 5.14 Å². The van der Waals surface area contributed by atoms with Gasteiger partial charge in [0.2, 0.25) is 10.0 Å². The number of benzene rings is 1. The summed E-state index contributed by atoms with van der Waals surface area (Å²) in [7, 11) is -3.84. The van der Waals surface area contributed by atoms with E-state index in [9.17, 15) is 12.8 Å². The van der Waals surface area contributed by atoms with Crippen molar-refractivity contribution >= 4 is 10.0 Å². The Bertz CT molecular complexity index is 488. The fraction of sp³-hybridized carbons (Fsp3) is 0.500. The average molecular weight is 275 g/mol. The zero-order chi connectivity index (χ0) is 13.6. The fourth-order valence-electron chi connectivity index (χ4n) is 1.69. The normalized spacial score (nSPS) is 11.7. The van der Waals surface area contributed by atoms with Gasteiger partial charge in [0.1, 0.15) is 5.82 Å². The van der Waals surface area contributed by atoms with Crippen molar-refractivity contribution in [2.45, 2.75) is 37.0 Å². The minimum Gasteiger partial charge on any atom is -0.396 e. The lowest BCUT2D eigenvalue weighted by Gasteiger charge is -2.05. The molecule has 0 amide bonds. The molecule has 0 aliphatic heterocycles. The predicted molar refractivity (Wildman–Crippen MR) is 67.0 cm³/mol. The number of rotatable bonds is 7. The van der Waals surface area contributed by atoms with Gasteiger partial charge in [-0.2, -0.15) is 0 Å². The van der Waals surface area contributed by atoms with Gasteiger partial charge in [0, 0.05) is 6.61 Å². The van der Waals surface area contributed by atoms with Crippen molar-refractivity contribution < 1.29 is 17.9 Å². The molecule has 0 aliphatic rings. The highest BCUT2D eigenvalue weighted by molar-refractivity contribution is 7.89. The maximum Gasteiger partial charge on any atom is 0.238 e. The van der Waals surface area contributed by atoms with Crippen LogP contribution >= 0.6 is 0 Å². The summed E-state index contributed by atoms with van der Waals surface area (Å²) in [5.74, 6) is -0.538. The van der Waals surface area contributed by atoms with Crippen molar-refractivity contribution in [3.8, 4) is 0 Å². The quantitative estimate of drug-likeness (QED) is 0.741. The lowest BCUT2D eigenvalue weighted by molar-refractivity contribution is 0.282. The molecule has 0 heterocycles. The summed E-state index contributed by atoms with van der Waals surface area (Å²) in [4.78, 5) is -0.205. The van der Waals surface area contributed by atoms with Crippen LogP contribution in [0.1, 0.15) is 31.2 Å². The van der Waals surface area contributed by atoms with E-state index in [4.69, 9.17) is 10.2 Å². The Morgan fingerprint density at radius 3 is 2.39 bits per heavy atom.